The predicted octanol–water partition coefficient (Wildman–Crippen LogP) is 3.03. The number of sulfonamides is 1. The highest BCUT2D eigenvalue weighted by Gasteiger charge is 2.52. The van der Waals surface area contributed by atoms with Crippen LogP contribution in [0.5, 0.6) is 5.75 Å². The number of carbonyl (C=O) groups excluding carboxylic acids is 2. The van der Waals surface area contributed by atoms with Crippen molar-refractivity contribution in [1.29, 1.82) is 0 Å². The Kier molecular flexibility index (Phi) is 5.27. The Bertz CT molecular complexity index is 1330. The molecule has 2 amide bonds. The topological polar surface area (TPSA) is 117 Å². The summed E-state index contributed by atoms with van der Waals surface area (Å²) in [6, 6.07) is 9.76. The summed E-state index contributed by atoms with van der Waals surface area (Å²) in [4.78, 5) is 26.7. The first kappa shape index (κ1) is 22.3. The molecule has 1 spiro atoms. The van der Waals surface area contributed by atoms with Crippen molar-refractivity contribution < 1.29 is 22.7 Å². The van der Waals surface area contributed by atoms with Crippen molar-refractivity contribution in [3.63, 3.8) is 0 Å². The number of hydrogen-bond donors (Lipinski definition) is 3. The van der Waals surface area contributed by atoms with E-state index in [1.165, 1.54) is 19.3 Å². The molecule has 10 heteroatoms. The summed E-state index contributed by atoms with van der Waals surface area (Å²) in [5, 5.41) is 6.25. The SMILES string of the molecule is COc1ccccc1S(=O)(=O)Nc1cc(NC2=CC(=O)N(C)CC2)c2c(c1)C1(CCC1)C(=O)N2. The minimum Gasteiger partial charge on any atom is -0.495 e. The molecule has 178 valence electrons. The van der Waals surface area contributed by atoms with Crippen LogP contribution in [0, 0.1) is 0 Å². The number of likely N-dealkylation sites (N-methyl/N-ethyl adjacent to an activating group) is 1. The Hall–Kier alpha value is -3.53. The lowest BCUT2D eigenvalue weighted by atomic mass is 9.65. The lowest BCUT2D eigenvalue weighted by Gasteiger charge is -2.36. The van der Waals surface area contributed by atoms with Crippen LogP contribution in [0.25, 0.3) is 0 Å². The number of ether oxygens (including phenoxy) is 1. The van der Waals surface area contributed by atoms with E-state index in [4.69, 9.17) is 4.74 Å². The molecule has 5 rings (SSSR count). The number of methoxy groups -OCH3 is 1. The highest BCUT2D eigenvalue weighted by Crippen LogP contribution is 2.54. The van der Waals surface area contributed by atoms with Crippen LogP contribution < -0.4 is 20.1 Å². The number of benzene rings is 2. The monoisotopic (exact) mass is 482 g/mol. The van der Waals surface area contributed by atoms with Gasteiger partial charge in [-0.3, -0.25) is 14.3 Å². The third-order valence-corrected chi connectivity index (χ3v) is 8.25. The zero-order chi connectivity index (χ0) is 24.1. The molecule has 1 saturated carbocycles. The van der Waals surface area contributed by atoms with Gasteiger partial charge in [-0.1, -0.05) is 18.6 Å². The molecule has 1 aliphatic carbocycles. The summed E-state index contributed by atoms with van der Waals surface area (Å²) in [5.41, 5.74) is 2.35. The van der Waals surface area contributed by atoms with Crippen molar-refractivity contribution >= 4 is 38.9 Å². The molecule has 0 atom stereocenters. The lowest BCUT2D eigenvalue weighted by molar-refractivity contribution is -0.125. The van der Waals surface area contributed by atoms with Crippen LogP contribution in [0.15, 0.2) is 53.1 Å². The standard InChI is InChI=1S/C24H26N4O5S/c1-28-11-8-15(14-21(28)29)25-18-13-16(12-17-22(18)26-23(30)24(17)9-5-10-24)27-34(31,32)20-7-4-3-6-19(20)33-2/h3-4,6-7,12-14,25,27H,5,8-11H2,1-2H3,(H,26,30). The van der Waals surface area contributed by atoms with E-state index in [2.05, 4.69) is 15.4 Å². The summed E-state index contributed by atoms with van der Waals surface area (Å²) in [5.74, 6) is 0.0460. The Morgan fingerprint density at radius 3 is 2.59 bits per heavy atom. The molecular weight excluding hydrogens is 456 g/mol. The van der Waals surface area contributed by atoms with Crippen molar-refractivity contribution in [2.75, 3.05) is 36.1 Å². The van der Waals surface area contributed by atoms with Crippen LogP contribution >= 0.6 is 0 Å². The van der Waals surface area contributed by atoms with Gasteiger partial charge in [0.15, 0.2) is 0 Å². The fourth-order valence-corrected chi connectivity index (χ4v) is 5.96. The van der Waals surface area contributed by atoms with Crippen molar-refractivity contribution in [1.82, 2.24) is 4.90 Å². The van der Waals surface area contributed by atoms with Crippen molar-refractivity contribution in [3.05, 3.63) is 53.7 Å². The van der Waals surface area contributed by atoms with E-state index in [9.17, 15) is 18.0 Å². The number of nitrogens with zero attached hydrogens (tertiary/aromatic N) is 1. The normalized spacial score (nSPS) is 18.6. The molecule has 0 radical (unpaired) electrons. The number of amides is 2. The van der Waals surface area contributed by atoms with Crippen molar-refractivity contribution in [3.8, 4) is 5.75 Å². The first-order valence-corrected chi connectivity index (χ1v) is 12.6. The number of hydrogen-bond acceptors (Lipinski definition) is 6. The van der Waals surface area contributed by atoms with Crippen LogP contribution in [0.4, 0.5) is 17.1 Å². The zero-order valence-corrected chi connectivity index (χ0v) is 19.8. The van der Waals surface area contributed by atoms with Gasteiger partial charge in [0.25, 0.3) is 10.0 Å². The van der Waals surface area contributed by atoms with Gasteiger partial charge < -0.3 is 20.3 Å². The molecule has 3 aliphatic rings. The molecule has 1 fully saturated rings. The second-order valence-corrected chi connectivity index (χ2v) is 10.5. The van der Waals surface area contributed by atoms with E-state index in [1.807, 2.05) is 0 Å². The summed E-state index contributed by atoms with van der Waals surface area (Å²) in [7, 11) is -0.808. The largest absolute Gasteiger partial charge is 0.495 e. The van der Waals surface area contributed by atoms with Gasteiger partial charge in [-0.25, -0.2) is 8.42 Å². The van der Waals surface area contributed by atoms with Gasteiger partial charge in [-0.15, -0.1) is 0 Å². The third-order valence-electron chi connectivity index (χ3n) is 6.83. The summed E-state index contributed by atoms with van der Waals surface area (Å²) < 4.78 is 34.3. The van der Waals surface area contributed by atoms with E-state index in [0.717, 1.165) is 12.0 Å². The Morgan fingerprint density at radius 1 is 1.15 bits per heavy atom. The van der Waals surface area contributed by atoms with E-state index < -0.39 is 15.4 Å². The molecule has 3 N–H and O–H groups in total. The summed E-state index contributed by atoms with van der Waals surface area (Å²) in [6.45, 7) is 0.566. The minimum atomic E-state index is -3.96. The molecule has 0 aromatic heterocycles. The molecule has 0 bridgehead atoms. The fraction of sp³-hybridized carbons (Fsp3) is 0.333. The van der Waals surface area contributed by atoms with E-state index in [1.54, 1.807) is 42.3 Å². The van der Waals surface area contributed by atoms with Gasteiger partial charge in [-0.05, 0) is 42.7 Å². The summed E-state index contributed by atoms with van der Waals surface area (Å²) in [6.07, 6.45) is 4.49. The summed E-state index contributed by atoms with van der Waals surface area (Å²) >= 11 is 0. The maximum absolute atomic E-state index is 13.2. The molecule has 0 saturated heterocycles. The Labute approximate surface area is 198 Å². The average molecular weight is 483 g/mol. The van der Waals surface area contributed by atoms with Gasteiger partial charge in [0.2, 0.25) is 11.8 Å². The van der Waals surface area contributed by atoms with Crippen LogP contribution in [0.2, 0.25) is 0 Å². The molecular formula is C24H26N4O5S. The van der Waals surface area contributed by atoms with Crippen LogP contribution in [0.3, 0.4) is 0 Å². The highest BCUT2D eigenvalue weighted by atomic mass is 32.2. The first-order valence-electron chi connectivity index (χ1n) is 11.1. The van der Waals surface area contributed by atoms with Gasteiger partial charge in [0.1, 0.15) is 10.6 Å². The molecule has 2 aromatic rings. The second-order valence-electron chi connectivity index (χ2n) is 8.90. The molecule has 2 heterocycles. The quantitative estimate of drug-likeness (QED) is 0.583. The molecule has 34 heavy (non-hydrogen) atoms. The number of carbonyl (C=O) groups is 2. The van der Waals surface area contributed by atoms with Gasteiger partial charge in [0.05, 0.1) is 29.6 Å². The Morgan fingerprint density at radius 2 is 1.91 bits per heavy atom. The van der Waals surface area contributed by atoms with E-state index >= 15 is 0 Å². The highest BCUT2D eigenvalue weighted by molar-refractivity contribution is 7.92. The van der Waals surface area contributed by atoms with Crippen LogP contribution in [0.1, 0.15) is 31.2 Å². The molecule has 2 aliphatic heterocycles. The fourth-order valence-electron chi connectivity index (χ4n) is 4.75. The number of nitrogens with one attached hydrogen (secondary N) is 3. The molecule has 0 unspecified atom stereocenters. The van der Waals surface area contributed by atoms with Crippen LogP contribution in [-0.4, -0.2) is 45.8 Å². The van der Waals surface area contributed by atoms with Gasteiger partial charge in [-0.2, -0.15) is 0 Å². The third kappa shape index (κ3) is 3.58. The zero-order valence-electron chi connectivity index (χ0n) is 19.0. The van der Waals surface area contributed by atoms with E-state index in [-0.39, 0.29) is 22.5 Å². The minimum absolute atomic E-state index is 0.0173. The maximum Gasteiger partial charge on any atom is 0.265 e. The number of anilines is 3. The predicted molar refractivity (Wildman–Crippen MR) is 128 cm³/mol. The smallest absolute Gasteiger partial charge is 0.265 e. The number of para-hydroxylation sites is 1. The van der Waals surface area contributed by atoms with Crippen molar-refractivity contribution in [2.45, 2.75) is 36.0 Å². The van der Waals surface area contributed by atoms with Gasteiger partial charge in [0, 0.05) is 31.8 Å². The second kappa shape index (κ2) is 8.05. The molecule has 2 aromatic carbocycles. The Balaban J connectivity index is 1.56. The number of rotatable bonds is 6. The average Bonchev–Trinajstić information content (AvgIpc) is 3.08. The number of fused-ring (bicyclic) bond motifs is 2. The molecule has 9 nitrogen and oxygen atoms in total. The van der Waals surface area contributed by atoms with Gasteiger partial charge >= 0.3 is 0 Å². The maximum atomic E-state index is 13.2. The van der Waals surface area contributed by atoms with Crippen LogP contribution in [-0.2, 0) is 25.0 Å². The van der Waals surface area contributed by atoms with Crippen molar-refractivity contribution in [2.24, 2.45) is 0 Å². The first-order chi connectivity index (χ1) is 16.2. The lowest BCUT2D eigenvalue weighted by Crippen LogP contribution is -2.40. The van der Waals surface area contributed by atoms with E-state index in [0.29, 0.717) is 48.6 Å².